The second kappa shape index (κ2) is 7.86. The van der Waals surface area contributed by atoms with Crippen LogP contribution in [-0.2, 0) is 4.79 Å². The van der Waals surface area contributed by atoms with E-state index in [1.165, 1.54) is 35.3 Å². The Labute approximate surface area is 150 Å². The second-order valence-corrected chi connectivity index (χ2v) is 7.17. The normalized spacial score (nSPS) is 13.8. The fraction of sp³-hybridized carbons (Fsp3) is 0.471. The highest BCUT2D eigenvalue weighted by atomic mass is 32.2. The Morgan fingerprint density at radius 3 is 2.84 bits per heavy atom. The van der Waals surface area contributed by atoms with Crippen LogP contribution in [0.3, 0.4) is 0 Å². The quantitative estimate of drug-likeness (QED) is 0.576. The highest BCUT2D eigenvalue weighted by molar-refractivity contribution is 7.99. The number of aromatic nitrogens is 3. The summed E-state index contributed by atoms with van der Waals surface area (Å²) >= 11 is 1.23. The summed E-state index contributed by atoms with van der Waals surface area (Å²) in [7, 11) is 0. The minimum Gasteiger partial charge on any atom is -0.342 e. The maximum absolute atomic E-state index is 13.9. The molecule has 0 unspecified atom stereocenters. The predicted octanol–water partition coefficient (Wildman–Crippen LogP) is 2.54. The van der Waals surface area contributed by atoms with Crippen LogP contribution in [0.2, 0.25) is 0 Å². The topological polar surface area (TPSA) is 77.0 Å². The third kappa shape index (κ3) is 4.31. The van der Waals surface area contributed by atoms with Crippen LogP contribution in [0.25, 0.3) is 11.4 Å². The third-order valence-corrected chi connectivity index (χ3v) is 5.05. The summed E-state index contributed by atoms with van der Waals surface area (Å²) in [5, 5.41) is 8.36. The Kier molecular flexibility index (Phi) is 5.57. The first kappa shape index (κ1) is 17.7. The van der Waals surface area contributed by atoms with Gasteiger partial charge in [0.15, 0.2) is 5.82 Å². The number of hydrogen-bond donors (Lipinski definition) is 1. The van der Waals surface area contributed by atoms with Crippen molar-refractivity contribution < 1.29 is 9.18 Å². The van der Waals surface area contributed by atoms with Gasteiger partial charge >= 0.3 is 0 Å². The van der Waals surface area contributed by atoms with Gasteiger partial charge in [-0.3, -0.25) is 4.79 Å². The minimum atomic E-state index is -0.409. The molecule has 2 aromatic rings. The summed E-state index contributed by atoms with van der Waals surface area (Å²) in [5.41, 5.74) is 0.289. The first-order chi connectivity index (χ1) is 12.1. The van der Waals surface area contributed by atoms with E-state index in [0.29, 0.717) is 11.1 Å². The van der Waals surface area contributed by atoms with Gasteiger partial charge in [0.1, 0.15) is 5.82 Å². The van der Waals surface area contributed by atoms with Crippen LogP contribution in [0.4, 0.5) is 4.39 Å². The minimum absolute atomic E-state index is 0.0780. The molecule has 1 amide bonds. The summed E-state index contributed by atoms with van der Waals surface area (Å²) < 4.78 is 15.1. The largest absolute Gasteiger partial charge is 0.342 e. The Bertz CT molecular complexity index is 746. The van der Waals surface area contributed by atoms with Crippen molar-refractivity contribution >= 4 is 17.7 Å². The summed E-state index contributed by atoms with van der Waals surface area (Å²) in [6.07, 6.45) is 3.36. The van der Waals surface area contributed by atoms with Crippen molar-refractivity contribution in [3.63, 3.8) is 0 Å². The first-order valence-electron chi connectivity index (χ1n) is 8.46. The lowest BCUT2D eigenvalue weighted by Gasteiger charge is -2.21. The summed E-state index contributed by atoms with van der Waals surface area (Å²) in [4.78, 5) is 14.4. The van der Waals surface area contributed by atoms with Crippen LogP contribution in [-0.4, -0.2) is 44.5 Å². The van der Waals surface area contributed by atoms with Crippen molar-refractivity contribution in [1.29, 1.82) is 0 Å². The molecule has 0 aliphatic heterocycles. The van der Waals surface area contributed by atoms with Crippen LogP contribution in [0.1, 0.15) is 26.2 Å². The maximum atomic E-state index is 13.9. The van der Waals surface area contributed by atoms with E-state index in [-0.39, 0.29) is 23.0 Å². The van der Waals surface area contributed by atoms with E-state index in [9.17, 15) is 9.18 Å². The van der Waals surface area contributed by atoms with Crippen LogP contribution in [0.15, 0.2) is 29.4 Å². The molecule has 1 aromatic heterocycles. The van der Waals surface area contributed by atoms with Crippen molar-refractivity contribution in [2.24, 2.45) is 5.92 Å². The summed E-state index contributed by atoms with van der Waals surface area (Å²) in [6.45, 7) is 3.67. The van der Waals surface area contributed by atoms with Crippen LogP contribution in [0.5, 0.6) is 0 Å². The number of nitrogen functional groups attached to an aromatic ring is 1. The van der Waals surface area contributed by atoms with E-state index in [0.717, 1.165) is 19.5 Å². The molecule has 2 N–H and O–H groups in total. The zero-order valence-corrected chi connectivity index (χ0v) is 15.0. The van der Waals surface area contributed by atoms with Crippen LogP contribution >= 0.6 is 11.8 Å². The Hall–Kier alpha value is -2.09. The number of halogens is 1. The molecule has 1 aliphatic carbocycles. The maximum Gasteiger partial charge on any atom is 0.233 e. The lowest BCUT2D eigenvalue weighted by atomic mass is 10.2. The summed E-state index contributed by atoms with van der Waals surface area (Å²) in [5.74, 6) is 6.82. The van der Waals surface area contributed by atoms with E-state index < -0.39 is 5.82 Å². The first-order valence-corrected chi connectivity index (χ1v) is 9.44. The summed E-state index contributed by atoms with van der Waals surface area (Å²) in [6, 6.07) is 6.26. The van der Waals surface area contributed by atoms with Gasteiger partial charge in [0, 0.05) is 13.1 Å². The van der Waals surface area contributed by atoms with Gasteiger partial charge in [-0.05, 0) is 37.3 Å². The lowest BCUT2D eigenvalue weighted by molar-refractivity contribution is -0.128. The molecule has 0 spiro atoms. The van der Waals surface area contributed by atoms with Gasteiger partial charge in [-0.25, -0.2) is 9.07 Å². The molecule has 0 atom stereocenters. The van der Waals surface area contributed by atoms with Gasteiger partial charge in [-0.2, -0.15) is 0 Å². The molecule has 0 bridgehead atoms. The molecular weight excluding hydrogens is 341 g/mol. The highest BCUT2D eigenvalue weighted by Gasteiger charge is 2.26. The van der Waals surface area contributed by atoms with Crippen molar-refractivity contribution in [3.8, 4) is 11.4 Å². The molecular formula is C17H22FN5OS. The second-order valence-electron chi connectivity index (χ2n) is 6.23. The van der Waals surface area contributed by atoms with Crippen molar-refractivity contribution in [2.75, 3.05) is 24.7 Å². The monoisotopic (exact) mass is 363 g/mol. The number of amides is 1. The van der Waals surface area contributed by atoms with Crippen molar-refractivity contribution in [2.45, 2.75) is 31.3 Å². The number of nitrogens with two attached hydrogens (primary N) is 1. The number of rotatable bonds is 8. The molecule has 1 fully saturated rings. The zero-order chi connectivity index (χ0) is 17.8. The molecule has 6 nitrogen and oxygen atoms in total. The number of nitrogens with zero attached hydrogens (tertiary/aromatic N) is 4. The number of carbonyl (C=O) groups is 1. The van der Waals surface area contributed by atoms with Gasteiger partial charge in [0.2, 0.25) is 11.1 Å². The van der Waals surface area contributed by atoms with Gasteiger partial charge in [-0.1, -0.05) is 30.8 Å². The number of hydrogen-bond acceptors (Lipinski definition) is 5. The van der Waals surface area contributed by atoms with E-state index in [1.807, 2.05) is 4.90 Å². The smallest absolute Gasteiger partial charge is 0.233 e. The molecule has 0 saturated heterocycles. The number of thioether (sulfide) groups is 1. The van der Waals surface area contributed by atoms with Gasteiger partial charge < -0.3 is 10.7 Å². The van der Waals surface area contributed by atoms with Gasteiger partial charge in [0.25, 0.3) is 0 Å². The van der Waals surface area contributed by atoms with E-state index in [2.05, 4.69) is 17.1 Å². The number of benzene rings is 1. The van der Waals surface area contributed by atoms with Crippen LogP contribution < -0.4 is 5.84 Å². The molecule has 1 saturated carbocycles. The fourth-order valence-corrected chi connectivity index (χ4v) is 3.38. The SMILES string of the molecule is CCCN(CC1CC1)C(=O)CSc1nnc(-c2ccccc2F)n1N. The lowest BCUT2D eigenvalue weighted by Crippen LogP contribution is -2.35. The highest BCUT2D eigenvalue weighted by Crippen LogP contribution is 2.30. The molecule has 8 heteroatoms. The molecule has 0 radical (unpaired) electrons. The Morgan fingerprint density at radius 1 is 1.40 bits per heavy atom. The average molecular weight is 363 g/mol. The molecule has 3 rings (SSSR count). The van der Waals surface area contributed by atoms with Crippen LogP contribution in [0, 0.1) is 11.7 Å². The molecule has 25 heavy (non-hydrogen) atoms. The predicted molar refractivity (Wildman–Crippen MR) is 95.9 cm³/mol. The van der Waals surface area contributed by atoms with E-state index in [1.54, 1.807) is 18.2 Å². The molecule has 1 aromatic carbocycles. The third-order valence-electron chi connectivity index (χ3n) is 4.13. The van der Waals surface area contributed by atoms with E-state index >= 15 is 0 Å². The Balaban J connectivity index is 1.65. The average Bonchev–Trinajstić information content (AvgIpc) is 3.35. The molecule has 1 aliphatic rings. The van der Waals surface area contributed by atoms with Gasteiger partial charge in [-0.15, -0.1) is 10.2 Å². The van der Waals surface area contributed by atoms with E-state index in [4.69, 9.17) is 5.84 Å². The standard InChI is InChI=1S/C17H22FN5OS/c1-2-9-22(10-12-7-8-12)15(24)11-25-17-21-20-16(23(17)19)13-5-3-4-6-14(13)18/h3-6,12H,2,7-11,19H2,1H3. The Morgan fingerprint density at radius 2 is 2.16 bits per heavy atom. The zero-order valence-electron chi connectivity index (χ0n) is 14.2. The number of carbonyl (C=O) groups excluding carboxylic acids is 1. The fourth-order valence-electron chi connectivity index (χ4n) is 2.62. The van der Waals surface area contributed by atoms with Crippen molar-refractivity contribution in [3.05, 3.63) is 30.1 Å². The van der Waals surface area contributed by atoms with Crippen molar-refractivity contribution in [1.82, 2.24) is 19.8 Å². The molecule has 134 valence electrons. The molecule has 1 heterocycles. The van der Waals surface area contributed by atoms with Gasteiger partial charge in [0.05, 0.1) is 11.3 Å².